The van der Waals surface area contributed by atoms with Crippen molar-refractivity contribution in [1.29, 1.82) is 0 Å². The summed E-state index contributed by atoms with van der Waals surface area (Å²) in [6, 6.07) is 0. The highest BCUT2D eigenvalue weighted by atomic mass is 16.2. The van der Waals surface area contributed by atoms with Crippen LogP contribution in [0.25, 0.3) is 0 Å². The monoisotopic (exact) mass is 184 g/mol. The van der Waals surface area contributed by atoms with Gasteiger partial charge in [0.2, 0.25) is 5.91 Å². The molecule has 1 heterocycles. The van der Waals surface area contributed by atoms with Gasteiger partial charge in [-0.2, -0.15) is 0 Å². The van der Waals surface area contributed by atoms with Crippen molar-refractivity contribution in [3.63, 3.8) is 0 Å². The molecule has 13 heavy (non-hydrogen) atoms. The van der Waals surface area contributed by atoms with Gasteiger partial charge in [0.1, 0.15) is 5.78 Å². The summed E-state index contributed by atoms with van der Waals surface area (Å²) >= 11 is 0. The first-order valence-electron chi connectivity index (χ1n) is 4.55. The van der Waals surface area contributed by atoms with Crippen LogP contribution in [0.2, 0.25) is 0 Å². The Morgan fingerprint density at radius 3 is 2.69 bits per heavy atom. The average Bonchev–Trinajstić information content (AvgIpc) is 2.19. The predicted molar refractivity (Wildman–Crippen MR) is 49.4 cm³/mol. The standard InChI is InChI=1S/C9H16N2O2/c1-8(12)7-11-4-3-9(13)10(2)5-6-11/h3-7H2,1-2H3. The molecule has 74 valence electrons. The lowest BCUT2D eigenvalue weighted by Gasteiger charge is -2.17. The summed E-state index contributed by atoms with van der Waals surface area (Å²) in [5, 5.41) is 0. The molecule has 1 aliphatic heterocycles. The molecule has 1 amide bonds. The van der Waals surface area contributed by atoms with E-state index in [9.17, 15) is 9.59 Å². The topological polar surface area (TPSA) is 40.6 Å². The second-order valence-corrected chi connectivity index (χ2v) is 3.54. The van der Waals surface area contributed by atoms with Crippen LogP contribution in [0.4, 0.5) is 0 Å². The molecule has 1 saturated heterocycles. The summed E-state index contributed by atoms with van der Waals surface area (Å²) in [4.78, 5) is 25.9. The van der Waals surface area contributed by atoms with Gasteiger partial charge in [-0.05, 0) is 6.92 Å². The van der Waals surface area contributed by atoms with Gasteiger partial charge in [-0.3, -0.25) is 14.5 Å². The molecule has 0 radical (unpaired) electrons. The molecule has 0 aliphatic carbocycles. The molecule has 0 aromatic rings. The Hall–Kier alpha value is -0.900. The molecular formula is C9H16N2O2. The molecule has 1 rings (SSSR count). The lowest BCUT2D eigenvalue weighted by molar-refractivity contribution is -0.129. The largest absolute Gasteiger partial charge is 0.344 e. The van der Waals surface area contributed by atoms with Gasteiger partial charge in [0, 0.05) is 33.1 Å². The summed E-state index contributed by atoms with van der Waals surface area (Å²) < 4.78 is 0. The van der Waals surface area contributed by atoms with Crippen LogP contribution in [0, 0.1) is 0 Å². The van der Waals surface area contributed by atoms with Gasteiger partial charge in [-0.1, -0.05) is 0 Å². The van der Waals surface area contributed by atoms with Crippen molar-refractivity contribution in [2.75, 3.05) is 33.2 Å². The molecule has 0 N–H and O–H groups in total. The van der Waals surface area contributed by atoms with E-state index in [1.807, 2.05) is 4.90 Å². The van der Waals surface area contributed by atoms with Gasteiger partial charge >= 0.3 is 0 Å². The lowest BCUT2D eigenvalue weighted by Crippen LogP contribution is -2.32. The number of hydrogen-bond acceptors (Lipinski definition) is 3. The van der Waals surface area contributed by atoms with Gasteiger partial charge in [0.15, 0.2) is 0 Å². The number of ketones is 1. The Morgan fingerprint density at radius 2 is 2.08 bits per heavy atom. The van der Waals surface area contributed by atoms with Gasteiger partial charge in [-0.25, -0.2) is 0 Å². The molecule has 0 bridgehead atoms. The van der Waals surface area contributed by atoms with Crippen molar-refractivity contribution >= 4 is 11.7 Å². The normalized spacial score (nSPS) is 20.2. The number of rotatable bonds is 2. The van der Waals surface area contributed by atoms with Crippen molar-refractivity contribution < 1.29 is 9.59 Å². The number of likely N-dealkylation sites (N-methyl/N-ethyl adjacent to an activating group) is 1. The van der Waals surface area contributed by atoms with Crippen LogP contribution in [-0.2, 0) is 9.59 Å². The Balaban J connectivity index is 2.44. The third-order valence-corrected chi connectivity index (χ3v) is 2.27. The molecular weight excluding hydrogens is 168 g/mol. The van der Waals surface area contributed by atoms with Crippen molar-refractivity contribution in [3.05, 3.63) is 0 Å². The molecule has 1 fully saturated rings. The highest BCUT2D eigenvalue weighted by Gasteiger charge is 2.17. The number of nitrogens with zero attached hydrogens (tertiary/aromatic N) is 2. The van der Waals surface area contributed by atoms with E-state index in [0.29, 0.717) is 19.5 Å². The Labute approximate surface area is 78.5 Å². The van der Waals surface area contributed by atoms with E-state index in [2.05, 4.69) is 0 Å². The SMILES string of the molecule is CC(=O)CN1CCC(=O)N(C)CC1. The van der Waals surface area contributed by atoms with Crippen LogP contribution >= 0.6 is 0 Å². The van der Waals surface area contributed by atoms with Crippen LogP contribution in [0.3, 0.4) is 0 Å². The Kier molecular flexibility index (Phi) is 3.42. The van der Waals surface area contributed by atoms with Crippen LogP contribution in [-0.4, -0.2) is 54.7 Å². The van der Waals surface area contributed by atoms with Crippen molar-refractivity contribution in [3.8, 4) is 0 Å². The van der Waals surface area contributed by atoms with E-state index in [4.69, 9.17) is 0 Å². The Morgan fingerprint density at radius 1 is 1.38 bits per heavy atom. The average molecular weight is 184 g/mol. The van der Waals surface area contributed by atoms with E-state index in [1.165, 1.54) is 0 Å². The first-order chi connectivity index (χ1) is 6.09. The fourth-order valence-corrected chi connectivity index (χ4v) is 1.45. The maximum absolute atomic E-state index is 11.3. The van der Waals surface area contributed by atoms with Gasteiger partial charge in [0.25, 0.3) is 0 Å². The molecule has 0 atom stereocenters. The first-order valence-corrected chi connectivity index (χ1v) is 4.55. The van der Waals surface area contributed by atoms with E-state index in [1.54, 1.807) is 18.9 Å². The third kappa shape index (κ3) is 3.14. The summed E-state index contributed by atoms with van der Waals surface area (Å²) in [5.41, 5.74) is 0. The maximum Gasteiger partial charge on any atom is 0.223 e. The molecule has 0 saturated carbocycles. The number of amides is 1. The Bertz CT molecular complexity index is 216. The predicted octanol–water partition coefficient (Wildman–Crippen LogP) is -0.261. The van der Waals surface area contributed by atoms with Crippen molar-refractivity contribution in [2.24, 2.45) is 0 Å². The lowest BCUT2D eigenvalue weighted by atomic mass is 10.3. The summed E-state index contributed by atoms with van der Waals surface area (Å²) in [7, 11) is 1.81. The zero-order valence-electron chi connectivity index (χ0n) is 8.25. The maximum atomic E-state index is 11.3. The van der Waals surface area contributed by atoms with E-state index < -0.39 is 0 Å². The van der Waals surface area contributed by atoms with E-state index >= 15 is 0 Å². The second-order valence-electron chi connectivity index (χ2n) is 3.54. The number of carbonyl (C=O) groups excluding carboxylic acids is 2. The summed E-state index contributed by atoms with van der Waals surface area (Å²) in [5.74, 6) is 0.336. The molecule has 0 spiro atoms. The van der Waals surface area contributed by atoms with E-state index in [-0.39, 0.29) is 11.7 Å². The fourth-order valence-electron chi connectivity index (χ4n) is 1.45. The number of hydrogen-bond donors (Lipinski definition) is 0. The molecule has 0 aromatic heterocycles. The van der Waals surface area contributed by atoms with Crippen LogP contribution in [0.1, 0.15) is 13.3 Å². The zero-order chi connectivity index (χ0) is 9.84. The third-order valence-electron chi connectivity index (χ3n) is 2.27. The molecule has 0 aromatic carbocycles. The quantitative estimate of drug-likeness (QED) is 0.593. The first kappa shape index (κ1) is 10.2. The smallest absolute Gasteiger partial charge is 0.223 e. The van der Waals surface area contributed by atoms with Gasteiger partial charge in [-0.15, -0.1) is 0 Å². The number of carbonyl (C=O) groups is 2. The van der Waals surface area contributed by atoms with Crippen LogP contribution in [0.15, 0.2) is 0 Å². The van der Waals surface area contributed by atoms with Gasteiger partial charge < -0.3 is 4.90 Å². The fraction of sp³-hybridized carbons (Fsp3) is 0.778. The molecule has 4 heteroatoms. The van der Waals surface area contributed by atoms with Crippen LogP contribution < -0.4 is 0 Å². The van der Waals surface area contributed by atoms with Gasteiger partial charge in [0.05, 0.1) is 6.54 Å². The van der Waals surface area contributed by atoms with Crippen LogP contribution in [0.5, 0.6) is 0 Å². The minimum atomic E-state index is 0.164. The molecule has 4 nitrogen and oxygen atoms in total. The highest BCUT2D eigenvalue weighted by Crippen LogP contribution is 2.01. The number of Topliss-reactive ketones (excluding diaryl/α,β-unsaturated/α-hetero) is 1. The minimum Gasteiger partial charge on any atom is -0.344 e. The second kappa shape index (κ2) is 4.37. The summed E-state index contributed by atoms with van der Waals surface area (Å²) in [6.07, 6.45) is 0.532. The summed E-state index contributed by atoms with van der Waals surface area (Å²) in [6.45, 7) is 4.30. The van der Waals surface area contributed by atoms with Crippen molar-refractivity contribution in [2.45, 2.75) is 13.3 Å². The zero-order valence-corrected chi connectivity index (χ0v) is 8.25. The highest BCUT2D eigenvalue weighted by molar-refractivity contribution is 5.78. The molecule has 0 unspecified atom stereocenters. The minimum absolute atomic E-state index is 0.164. The van der Waals surface area contributed by atoms with E-state index in [0.717, 1.165) is 13.1 Å². The molecule has 1 aliphatic rings. The van der Waals surface area contributed by atoms with Crippen molar-refractivity contribution in [1.82, 2.24) is 9.80 Å².